The number of nitrogens with zero attached hydrogens (tertiary/aromatic N) is 2. The zero-order valence-electron chi connectivity index (χ0n) is 15.0. The number of hydrogen-bond acceptors (Lipinski definition) is 3. The molecule has 0 N–H and O–H groups in total. The van der Waals surface area contributed by atoms with E-state index in [1.807, 2.05) is 6.07 Å². The van der Waals surface area contributed by atoms with E-state index < -0.39 is 17.7 Å². The number of benzene rings is 1. The maximum absolute atomic E-state index is 12.7. The number of alkyl halides is 3. The smallest absolute Gasteiger partial charge is 0.338 e. The van der Waals surface area contributed by atoms with Crippen LogP contribution in [-0.4, -0.2) is 34.7 Å². The number of hydrogen-bond donors (Lipinski definition) is 0. The van der Waals surface area contributed by atoms with Gasteiger partial charge in [-0.05, 0) is 43.2 Å². The minimum Gasteiger partial charge on any atom is -0.338 e. The second-order valence-corrected chi connectivity index (χ2v) is 6.65. The molecule has 1 aliphatic rings. The van der Waals surface area contributed by atoms with E-state index in [0.29, 0.717) is 25.1 Å². The fourth-order valence-corrected chi connectivity index (χ4v) is 3.19. The van der Waals surface area contributed by atoms with Crippen LogP contribution >= 0.6 is 0 Å². The van der Waals surface area contributed by atoms with Crippen molar-refractivity contribution in [1.29, 1.82) is 0 Å². The molecule has 0 radical (unpaired) electrons. The first kappa shape index (κ1) is 19.8. The average molecular weight is 388 g/mol. The first-order valence-corrected chi connectivity index (χ1v) is 8.94. The van der Waals surface area contributed by atoms with Gasteiger partial charge < -0.3 is 4.90 Å². The van der Waals surface area contributed by atoms with Crippen LogP contribution in [0.5, 0.6) is 0 Å². The van der Waals surface area contributed by atoms with Crippen molar-refractivity contribution in [2.24, 2.45) is 5.92 Å². The molecule has 1 aromatic carbocycles. The number of aromatic nitrogens is 1. The molecule has 1 aromatic heterocycles. The maximum Gasteiger partial charge on any atom is 0.416 e. The fraction of sp³-hybridized carbons (Fsp3) is 0.286. The standard InChI is InChI=1S/C21H19F3N2O2/c22-21(23,24)17-8-6-15(7-9-17)20(28)16-4-3-13-26(14-16)19(27)11-10-18-5-1-2-12-25-18/h1-2,5-12,16H,3-4,13-14H2/b11-10+. The monoisotopic (exact) mass is 388 g/mol. The molecule has 28 heavy (non-hydrogen) atoms. The third-order valence-electron chi connectivity index (χ3n) is 4.69. The van der Waals surface area contributed by atoms with Crippen LogP contribution in [0.1, 0.15) is 34.5 Å². The summed E-state index contributed by atoms with van der Waals surface area (Å²) in [6.07, 6.45) is 1.50. The largest absolute Gasteiger partial charge is 0.416 e. The Morgan fingerprint density at radius 1 is 1.11 bits per heavy atom. The van der Waals surface area contributed by atoms with E-state index in [-0.39, 0.29) is 23.8 Å². The van der Waals surface area contributed by atoms with E-state index in [0.717, 1.165) is 12.1 Å². The summed E-state index contributed by atoms with van der Waals surface area (Å²) in [6, 6.07) is 9.60. The Hall–Kier alpha value is -2.96. The van der Waals surface area contributed by atoms with E-state index in [4.69, 9.17) is 0 Å². The van der Waals surface area contributed by atoms with Gasteiger partial charge in [0.05, 0.1) is 11.3 Å². The molecule has 1 fully saturated rings. The van der Waals surface area contributed by atoms with Crippen molar-refractivity contribution in [2.45, 2.75) is 19.0 Å². The molecule has 1 aliphatic heterocycles. The molecule has 146 valence electrons. The molecule has 0 spiro atoms. The Kier molecular flexibility index (Phi) is 5.92. The number of Topliss-reactive ketones (excluding diaryl/α,β-unsaturated/α-hetero) is 1. The summed E-state index contributed by atoms with van der Waals surface area (Å²) in [4.78, 5) is 30.8. The number of rotatable bonds is 4. The first-order chi connectivity index (χ1) is 13.3. The maximum atomic E-state index is 12.7. The fourth-order valence-electron chi connectivity index (χ4n) is 3.19. The third-order valence-corrected chi connectivity index (χ3v) is 4.69. The van der Waals surface area contributed by atoms with Crippen LogP contribution in [0, 0.1) is 5.92 Å². The molecule has 3 rings (SSSR count). The number of piperidine rings is 1. The van der Waals surface area contributed by atoms with Crippen molar-refractivity contribution in [3.8, 4) is 0 Å². The van der Waals surface area contributed by atoms with Gasteiger partial charge in [0.15, 0.2) is 5.78 Å². The summed E-state index contributed by atoms with van der Waals surface area (Å²) in [6.45, 7) is 0.799. The molecule has 7 heteroatoms. The number of halogens is 3. The molecule has 1 saturated heterocycles. The summed E-state index contributed by atoms with van der Waals surface area (Å²) in [5.41, 5.74) is 0.103. The molecular weight excluding hydrogens is 369 g/mol. The average Bonchev–Trinajstić information content (AvgIpc) is 2.72. The number of likely N-dealkylation sites (tertiary alicyclic amines) is 1. The number of ketones is 1. The highest BCUT2D eigenvalue weighted by molar-refractivity contribution is 5.99. The second-order valence-electron chi connectivity index (χ2n) is 6.65. The quantitative estimate of drug-likeness (QED) is 0.582. The minimum absolute atomic E-state index is 0.212. The summed E-state index contributed by atoms with van der Waals surface area (Å²) < 4.78 is 38.0. The highest BCUT2D eigenvalue weighted by Gasteiger charge is 2.32. The predicted octanol–water partition coefficient (Wildman–Crippen LogP) is 4.24. The van der Waals surface area contributed by atoms with Crippen LogP contribution in [0.4, 0.5) is 13.2 Å². The summed E-state index contributed by atoms with van der Waals surface area (Å²) in [5.74, 6) is -0.867. The molecule has 2 heterocycles. The van der Waals surface area contributed by atoms with Crippen molar-refractivity contribution < 1.29 is 22.8 Å². The zero-order valence-corrected chi connectivity index (χ0v) is 15.0. The Labute approximate surface area is 160 Å². The first-order valence-electron chi connectivity index (χ1n) is 8.94. The minimum atomic E-state index is -4.43. The van der Waals surface area contributed by atoms with Crippen molar-refractivity contribution >= 4 is 17.8 Å². The van der Waals surface area contributed by atoms with Gasteiger partial charge in [0.2, 0.25) is 5.91 Å². The molecule has 0 saturated carbocycles. The van der Waals surface area contributed by atoms with Gasteiger partial charge in [-0.15, -0.1) is 0 Å². The van der Waals surface area contributed by atoms with Gasteiger partial charge in [-0.1, -0.05) is 18.2 Å². The zero-order chi connectivity index (χ0) is 20.1. The van der Waals surface area contributed by atoms with Crippen molar-refractivity contribution in [3.05, 3.63) is 71.6 Å². The van der Waals surface area contributed by atoms with Gasteiger partial charge in [0, 0.05) is 36.8 Å². The Bertz CT molecular complexity index is 861. The van der Waals surface area contributed by atoms with E-state index in [2.05, 4.69) is 4.98 Å². The van der Waals surface area contributed by atoms with Crippen LogP contribution in [-0.2, 0) is 11.0 Å². The van der Waals surface area contributed by atoms with Gasteiger partial charge >= 0.3 is 6.18 Å². The number of pyridine rings is 1. The Morgan fingerprint density at radius 2 is 1.86 bits per heavy atom. The van der Waals surface area contributed by atoms with E-state index in [1.54, 1.807) is 29.3 Å². The topological polar surface area (TPSA) is 50.3 Å². The number of carbonyl (C=O) groups is 2. The lowest BCUT2D eigenvalue weighted by Gasteiger charge is -2.31. The Morgan fingerprint density at radius 3 is 2.50 bits per heavy atom. The molecule has 0 bridgehead atoms. The highest BCUT2D eigenvalue weighted by atomic mass is 19.4. The van der Waals surface area contributed by atoms with Gasteiger partial charge in [0.25, 0.3) is 0 Å². The summed E-state index contributed by atoms with van der Waals surface area (Å²) in [7, 11) is 0. The molecular formula is C21H19F3N2O2. The van der Waals surface area contributed by atoms with Gasteiger partial charge in [0.1, 0.15) is 0 Å². The summed E-state index contributed by atoms with van der Waals surface area (Å²) >= 11 is 0. The number of amides is 1. The molecule has 2 aromatic rings. The van der Waals surface area contributed by atoms with Crippen molar-refractivity contribution in [3.63, 3.8) is 0 Å². The molecule has 4 nitrogen and oxygen atoms in total. The normalized spacial score (nSPS) is 17.7. The van der Waals surface area contributed by atoms with Crippen LogP contribution in [0.25, 0.3) is 6.08 Å². The van der Waals surface area contributed by atoms with Gasteiger partial charge in [-0.3, -0.25) is 14.6 Å². The molecule has 1 atom stereocenters. The second kappa shape index (κ2) is 8.37. The van der Waals surface area contributed by atoms with Crippen molar-refractivity contribution in [2.75, 3.05) is 13.1 Å². The van der Waals surface area contributed by atoms with Crippen LogP contribution in [0.3, 0.4) is 0 Å². The van der Waals surface area contributed by atoms with E-state index >= 15 is 0 Å². The SMILES string of the molecule is O=C(c1ccc(C(F)(F)F)cc1)C1CCCN(C(=O)/C=C/c2ccccn2)C1. The lowest BCUT2D eigenvalue weighted by molar-refractivity contribution is -0.137. The lowest BCUT2D eigenvalue weighted by atomic mass is 9.89. The Balaban J connectivity index is 1.64. The molecule has 1 unspecified atom stereocenters. The highest BCUT2D eigenvalue weighted by Crippen LogP contribution is 2.30. The van der Waals surface area contributed by atoms with Gasteiger partial charge in [-0.2, -0.15) is 13.2 Å². The van der Waals surface area contributed by atoms with Crippen LogP contribution in [0.15, 0.2) is 54.7 Å². The van der Waals surface area contributed by atoms with Crippen molar-refractivity contribution in [1.82, 2.24) is 9.88 Å². The van der Waals surface area contributed by atoms with E-state index in [1.165, 1.54) is 18.2 Å². The van der Waals surface area contributed by atoms with E-state index in [9.17, 15) is 22.8 Å². The van der Waals surface area contributed by atoms with Gasteiger partial charge in [-0.25, -0.2) is 0 Å². The third kappa shape index (κ3) is 4.85. The van der Waals surface area contributed by atoms with Crippen LogP contribution < -0.4 is 0 Å². The summed E-state index contributed by atoms with van der Waals surface area (Å²) in [5, 5.41) is 0. The van der Waals surface area contributed by atoms with Crippen LogP contribution in [0.2, 0.25) is 0 Å². The lowest BCUT2D eigenvalue weighted by Crippen LogP contribution is -2.41. The predicted molar refractivity (Wildman–Crippen MR) is 98.3 cm³/mol. The number of carbonyl (C=O) groups excluding carboxylic acids is 2. The molecule has 0 aliphatic carbocycles. The molecule has 1 amide bonds.